The minimum absolute atomic E-state index is 0.0318. The first-order valence-corrected chi connectivity index (χ1v) is 8.07. The van der Waals surface area contributed by atoms with Gasteiger partial charge in [0.25, 0.3) is 0 Å². The molecule has 4 rings (SSSR count). The van der Waals surface area contributed by atoms with Crippen molar-refractivity contribution in [1.29, 1.82) is 0 Å². The van der Waals surface area contributed by atoms with Crippen molar-refractivity contribution in [2.45, 2.75) is 37.7 Å². The van der Waals surface area contributed by atoms with Crippen molar-refractivity contribution in [3.8, 4) is 0 Å². The molecular weight excluding hydrogens is 292 g/mol. The summed E-state index contributed by atoms with van der Waals surface area (Å²) in [6.45, 7) is 2.12. The van der Waals surface area contributed by atoms with Crippen LogP contribution in [0.25, 0.3) is 0 Å². The van der Waals surface area contributed by atoms with Gasteiger partial charge in [0.15, 0.2) is 0 Å². The third kappa shape index (κ3) is 3.04. The second-order valence-electron chi connectivity index (χ2n) is 5.96. The molecule has 0 N–H and O–H groups in total. The van der Waals surface area contributed by atoms with Crippen LogP contribution in [-0.2, 0) is 16.1 Å². The summed E-state index contributed by atoms with van der Waals surface area (Å²) in [6.07, 6.45) is 9.46. The second kappa shape index (κ2) is 6.60. The van der Waals surface area contributed by atoms with Gasteiger partial charge in [-0.3, -0.25) is 4.98 Å². The van der Waals surface area contributed by atoms with Gasteiger partial charge in [0, 0.05) is 31.4 Å². The van der Waals surface area contributed by atoms with Crippen LogP contribution in [0.4, 0.5) is 5.95 Å². The zero-order chi connectivity index (χ0) is 15.5. The average Bonchev–Trinajstić information content (AvgIpc) is 3.01. The fourth-order valence-electron chi connectivity index (χ4n) is 3.41. The molecule has 3 atom stereocenters. The second-order valence-corrected chi connectivity index (χ2v) is 5.96. The normalized spacial score (nSPS) is 27.0. The summed E-state index contributed by atoms with van der Waals surface area (Å²) in [4.78, 5) is 15.2. The largest absolute Gasteiger partial charge is 0.373 e. The summed E-state index contributed by atoms with van der Waals surface area (Å²) in [5.74, 6) is 0.764. The Bertz CT molecular complexity index is 625. The molecule has 6 nitrogen and oxygen atoms in total. The van der Waals surface area contributed by atoms with Gasteiger partial charge in [0.1, 0.15) is 12.2 Å². The maximum absolute atomic E-state index is 6.15. The van der Waals surface area contributed by atoms with Crippen LogP contribution in [0, 0.1) is 0 Å². The van der Waals surface area contributed by atoms with E-state index >= 15 is 0 Å². The van der Waals surface area contributed by atoms with Crippen molar-refractivity contribution >= 4 is 5.95 Å². The third-order valence-electron chi connectivity index (χ3n) is 4.47. The van der Waals surface area contributed by atoms with Gasteiger partial charge in [0.2, 0.25) is 5.95 Å². The number of hydrogen-bond acceptors (Lipinski definition) is 6. The molecule has 2 saturated heterocycles. The molecule has 0 aliphatic carbocycles. The van der Waals surface area contributed by atoms with Crippen molar-refractivity contribution in [3.63, 3.8) is 0 Å². The maximum atomic E-state index is 6.15. The molecule has 0 aromatic carbocycles. The average molecular weight is 312 g/mol. The van der Waals surface area contributed by atoms with E-state index in [-0.39, 0.29) is 12.2 Å². The molecule has 0 bridgehead atoms. The van der Waals surface area contributed by atoms with Gasteiger partial charge >= 0.3 is 0 Å². The van der Waals surface area contributed by atoms with Gasteiger partial charge in [-0.1, -0.05) is 6.07 Å². The fourth-order valence-corrected chi connectivity index (χ4v) is 3.41. The van der Waals surface area contributed by atoms with Crippen LogP contribution in [-0.4, -0.2) is 46.4 Å². The van der Waals surface area contributed by atoms with E-state index in [0.29, 0.717) is 12.6 Å². The fraction of sp³-hybridized carbons (Fsp3) is 0.471. The van der Waals surface area contributed by atoms with Crippen LogP contribution in [0.15, 0.2) is 43.0 Å². The van der Waals surface area contributed by atoms with Crippen molar-refractivity contribution in [2.24, 2.45) is 0 Å². The zero-order valence-electron chi connectivity index (χ0n) is 12.9. The highest BCUT2D eigenvalue weighted by Gasteiger charge is 2.45. The molecule has 0 unspecified atom stereocenters. The van der Waals surface area contributed by atoms with E-state index in [4.69, 9.17) is 9.47 Å². The van der Waals surface area contributed by atoms with Crippen LogP contribution in [0.3, 0.4) is 0 Å². The molecule has 2 aliphatic heterocycles. The third-order valence-corrected chi connectivity index (χ3v) is 4.47. The summed E-state index contributed by atoms with van der Waals surface area (Å²) in [6, 6.07) is 6.09. The number of pyridine rings is 1. The molecule has 2 aromatic heterocycles. The summed E-state index contributed by atoms with van der Waals surface area (Å²) < 4.78 is 12.2. The van der Waals surface area contributed by atoms with Crippen LogP contribution in [0.1, 0.15) is 18.4 Å². The number of rotatable bonds is 4. The number of nitrogens with zero attached hydrogens (tertiary/aromatic N) is 4. The molecular formula is C17H20N4O2. The smallest absolute Gasteiger partial charge is 0.225 e. The van der Waals surface area contributed by atoms with Gasteiger partial charge in [-0.2, -0.15) is 0 Å². The predicted octanol–water partition coefficient (Wildman–Crippen LogP) is 1.82. The Morgan fingerprint density at radius 2 is 2.13 bits per heavy atom. The minimum atomic E-state index is 0.0318. The van der Waals surface area contributed by atoms with Crippen LogP contribution >= 0.6 is 0 Å². The molecule has 2 aromatic rings. The lowest BCUT2D eigenvalue weighted by molar-refractivity contribution is -0.0784. The lowest BCUT2D eigenvalue weighted by atomic mass is 10.0. The van der Waals surface area contributed by atoms with Crippen molar-refractivity contribution < 1.29 is 9.47 Å². The highest BCUT2D eigenvalue weighted by Crippen LogP contribution is 2.33. The predicted molar refractivity (Wildman–Crippen MR) is 85.0 cm³/mol. The quantitative estimate of drug-likeness (QED) is 0.858. The van der Waals surface area contributed by atoms with Crippen molar-refractivity contribution in [1.82, 2.24) is 15.0 Å². The molecule has 2 fully saturated rings. The minimum Gasteiger partial charge on any atom is -0.373 e. The monoisotopic (exact) mass is 312 g/mol. The first-order valence-electron chi connectivity index (χ1n) is 8.07. The van der Waals surface area contributed by atoms with Crippen molar-refractivity contribution in [3.05, 3.63) is 48.5 Å². The molecule has 4 heterocycles. The molecule has 0 saturated carbocycles. The summed E-state index contributed by atoms with van der Waals surface area (Å²) in [5.41, 5.74) is 1.08. The first kappa shape index (κ1) is 14.5. The van der Waals surface area contributed by atoms with E-state index in [1.54, 1.807) is 18.6 Å². The van der Waals surface area contributed by atoms with E-state index in [2.05, 4.69) is 19.9 Å². The Hall–Kier alpha value is -2.05. The lowest BCUT2D eigenvalue weighted by Gasteiger charge is -2.32. The Balaban J connectivity index is 1.49. The maximum Gasteiger partial charge on any atom is 0.225 e. The van der Waals surface area contributed by atoms with E-state index < -0.39 is 0 Å². The highest BCUT2D eigenvalue weighted by molar-refractivity contribution is 5.35. The van der Waals surface area contributed by atoms with E-state index in [0.717, 1.165) is 37.5 Å². The highest BCUT2D eigenvalue weighted by atomic mass is 16.5. The van der Waals surface area contributed by atoms with Gasteiger partial charge in [0.05, 0.1) is 19.2 Å². The van der Waals surface area contributed by atoms with E-state index in [9.17, 15) is 0 Å². The first-order chi connectivity index (χ1) is 11.4. The molecule has 2 aliphatic rings. The van der Waals surface area contributed by atoms with Crippen LogP contribution in [0.5, 0.6) is 0 Å². The number of hydrogen-bond donors (Lipinski definition) is 0. The molecule has 23 heavy (non-hydrogen) atoms. The summed E-state index contributed by atoms with van der Waals surface area (Å²) in [7, 11) is 0. The Kier molecular flexibility index (Phi) is 4.17. The Morgan fingerprint density at radius 3 is 2.96 bits per heavy atom. The zero-order valence-corrected chi connectivity index (χ0v) is 12.9. The Morgan fingerprint density at radius 1 is 1.22 bits per heavy atom. The van der Waals surface area contributed by atoms with E-state index in [1.165, 1.54) is 0 Å². The summed E-state index contributed by atoms with van der Waals surface area (Å²) in [5, 5.41) is 0. The topological polar surface area (TPSA) is 60.4 Å². The van der Waals surface area contributed by atoms with Crippen molar-refractivity contribution in [2.75, 3.05) is 18.1 Å². The standard InChI is InChI=1S/C17H20N4O2/c1-4-13(10-18-6-1)12-23-15-11-21(17-19-7-3-8-20-17)14-5-2-9-22-16(14)15/h1,3-4,6-8,10,14-16H,2,5,9,11-12H2/t14-,15+,16+/m0/s1. The Labute approximate surface area is 135 Å². The molecule has 0 radical (unpaired) electrons. The van der Waals surface area contributed by atoms with Crippen LogP contribution < -0.4 is 4.90 Å². The summed E-state index contributed by atoms with van der Waals surface area (Å²) >= 11 is 0. The van der Waals surface area contributed by atoms with E-state index in [1.807, 2.05) is 24.4 Å². The molecule has 0 amide bonds. The van der Waals surface area contributed by atoms with Gasteiger partial charge in [-0.05, 0) is 30.5 Å². The molecule has 6 heteroatoms. The van der Waals surface area contributed by atoms with Gasteiger partial charge < -0.3 is 14.4 Å². The molecule has 0 spiro atoms. The number of ether oxygens (including phenoxy) is 2. The molecule has 120 valence electrons. The number of fused-ring (bicyclic) bond motifs is 1. The lowest BCUT2D eigenvalue weighted by Crippen LogP contribution is -2.42. The van der Waals surface area contributed by atoms with Crippen LogP contribution in [0.2, 0.25) is 0 Å². The van der Waals surface area contributed by atoms with Gasteiger partial charge in [-0.15, -0.1) is 0 Å². The SMILES string of the molecule is c1cnc(N2C[C@@H](OCc3cccnc3)[C@@H]3OCCC[C@@H]32)nc1. The number of anilines is 1. The number of aromatic nitrogens is 3. The van der Waals surface area contributed by atoms with Gasteiger partial charge in [-0.25, -0.2) is 9.97 Å².